The molecule has 1 fully saturated rings. The van der Waals surface area contributed by atoms with Crippen molar-refractivity contribution in [1.82, 2.24) is 5.32 Å². The van der Waals surface area contributed by atoms with E-state index in [-0.39, 0.29) is 11.8 Å². The maximum Gasteiger partial charge on any atom is 0.331 e. The van der Waals surface area contributed by atoms with Crippen LogP contribution in [0.25, 0.3) is 0 Å². The number of esters is 1. The molecule has 0 spiro atoms. The Bertz CT molecular complexity index is 606. The molecule has 124 valence electrons. The summed E-state index contributed by atoms with van der Waals surface area (Å²) in [5.74, 6) is -0.950. The van der Waals surface area contributed by atoms with Crippen molar-refractivity contribution in [3.63, 3.8) is 0 Å². The smallest absolute Gasteiger partial charge is 0.331 e. The van der Waals surface area contributed by atoms with E-state index in [9.17, 15) is 14.4 Å². The lowest BCUT2D eigenvalue weighted by atomic mass is 9.81. The maximum atomic E-state index is 12.5. The Labute approximate surface area is 135 Å². The minimum atomic E-state index is -0.950. The van der Waals surface area contributed by atoms with Crippen LogP contribution >= 0.6 is 0 Å². The number of hydrogen-bond donors (Lipinski definition) is 2. The van der Waals surface area contributed by atoms with Crippen LogP contribution in [0.3, 0.4) is 0 Å². The zero-order valence-electron chi connectivity index (χ0n) is 13.5. The van der Waals surface area contributed by atoms with E-state index in [0.717, 1.165) is 19.3 Å². The number of nitrogens with one attached hydrogen (secondary N) is 2. The summed E-state index contributed by atoms with van der Waals surface area (Å²) in [5, 5.41) is 5.49. The minimum absolute atomic E-state index is 0.208. The molecule has 6 nitrogen and oxygen atoms in total. The molecule has 0 radical (unpaired) electrons. The molecule has 2 rings (SSSR count). The van der Waals surface area contributed by atoms with Crippen LogP contribution in [0, 0.1) is 0 Å². The van der Waals surface area contributed by atoms with Gasteiger partial charge in [0, 0.05) is 18.2 Å². The SMILES string of the molecule is COC(=O)C1(NC(=O)c2cccc(NC(C)=O)c2)CCCCC1. The van der Waals surface area contributed by atoms with Crippen molar-refractivity contribution in [2.45, 2.75) is 44.6 Å². The molecule has 23 heavy (non-hydrogen) atoms. The molecule has 0 saturated heterocycles. The predicted molar refractivity (Wildman–Crippen MR) is 86.0 cm³/mol. The third kappa shape index (κ3) is 4.09. The van der Waals surface area contributed by atoms with Crippen molar-refractivity contribution in [2.24, 2.45) is 0 Å². The van der Waals surface area contributed by atoms with Crippen LogP contribution in [0.15, 0.2) is 24.3 Å². The Morgan fingerprint density at radius 2 is 1.83 bits per heavy atom. The molecule has 0 aliphatic heterocycles. The fourth-order valence-electron chi connectivity index (χ4n) is 2.96. The number of hydrogen-bond acceptors (Lipinski definition) is 4. The van der Waals surface area contributed by atoms with Crippen molar-refractivity contribution >= 4 is 23.5 Å². The first-order chi connectivity index (χ1) is 11.0. The van der Waals surface area contributed by atoms with Crippen molar-refractivity contribution in [3.05, 3.63) is 29.8 Å². The second kappa shape index (κ2) is 7.26. The van der Waals surface area contributed by atoms with Gasteiger partial charge in [-0.15, -0.1) is 0 Å². The van der Waals surface area contributed by atoms with E-state index in [4.69, 9.17) is 4.74 Å². The quantitative estimate of drug-likeness (QED) is 0.834. The molecule has 1 aromatic carbocycles. The number of ether oxygens (including phenoxy) is 1. The number of benzene rings is 1. The minimum Gasteiger partial charge on any atom is -0.467 e. The van der Waals surface area contributed by atoms with Crippen molar-refractivity contribution in [2.75, 3.05) is 12.4 Å². The first-order valence-electron chi connectivity index (χ1n) is 7.75. The first kappa shape index (κ1) is 17.0. The van der Waals surface area contributed by atoms with Gasteiger partial charge in [0.15, 0.2) is 0 Å². The van der Waals surface area contributed by atoms with Gasteiger partial charge in [-0.2, -0.15) is 0 Å². The summed E-state index contributed by atoms with van der Waals surface area (Å²) in [6.45, 7) is 1.40. The second-order valence-corrected chi connectivity index (χ2v) is 5.85. The summed E-state index contributed by atoms with van der Waals surface area (Å²) in [7, 11) is 1.34. The molecule has 0 atom stereocenters. The first-order valence-corrected chi connectivity index (χ1v) is 7.75. The number of carbonyl (C=O) groups excluding carboxylic acids is 3. The maximum absolute atomic E-state index is 12.5. The summed E-state index contributed by atoms with van der Waals surface area (Å²) in [5.41, 5.74) is -0.0142. The highest BCUT2D eigenvalue weighted by molar-refractivity contribution is 5.99. The second-order valence-electron chi connectivity index (χ2n) is 5.85. The third-order valence-corrected chi connectivity index (χ3v) is 4.08. The van der Waals surface area contributed by atoms with E-state index >= 15 is 0 Å². The van der Waals surface area contributed by atoms with Gasteiger partial charge in [0.25, 0.3) is 5.91 Å². The average Bonchev–Trinajstić information content (AvgIpc) is 2.54. The molecular formula is C17H22N2O4. The summed E-state index contributed by atoms with van der Waals surface area (Å²) in [6.07, 6.45) is 3.96. The molecule has 1 aliphatic carbocycles. The Balaban J connectivity index is 2.18. The zero-order valence-corrected chi connectivity index (χ0v) is 13.5. The van der Waals surface area contributed by atoms with Gasteiger partial charge in [0.05, 0.1) is 7.11 Å². The van der Waals surface area contributed by atoms with Gasteiger partial charge in [-0.05, 0) is 31.0 Å². The standard InChI is InChI=1S/C17H22N2O4/c1-12(20)18-14-8-6-7-13(11-14)15(21)19-17(16(22)23-2)9-4-3-5-10-17/h6-8,11H,3-5,9-10H2,1-2H3,(H,18,20)(H,19,21). The number of rotatable bonds is 4. The summed E-state index contributed by atoms with van der Waals surface area (Å²) in [6, 6.07) is 6.62. The summed E-state index contributed by atoms with van der Waals surface area (Å²) < 4.78 is 4.90. The van der Waals surface area contributed by atoms with Crippen molar-refractivity contribution in [3.8, 4) is 0 Å². The van der Waals surface area contributed by atoms with E-state index < -0.39 is 11.5 Å². The molecule has 6 heteroatoms. The molecule has 1 saturated carbocycles. The largest absolute Gasteiger partial charge is 0.467 e. The predicted octanol–water partition coefficient (Wildman–Crippen LogP) is 2.25. The summed E-state index contributed by atoms with van der Waals surface area (Å²) >= 11 is 0. The van der Waals surface area contributed by atoms with Crippen LogP contribution in [0.4, 0.5) is 5.69 Å². The lowest BCUT2D eigenvalue weighted by molar-refractivity contribution is -0.149. The van der Waals surface area contributed by atoms with Crippen molar-refractivity contribution < 1.29 is 19.1 Å². The fraction of sp³-hybridized carbons (Fsp3) is 0.471. The van der Waals surface area contributed by atoms with Gasteiger partial charge in [-0.25, -0.2) is 4.79 Å². The molecule has 0 aromatic heterocycles. The van der Waals surface area contributed by atoms with Crippen molar-refractivity contribution in [1.29, 1.82) is 0 Å². The van der Waals surface area contributed by atoms with Gasteiger partial charge in [0.1, 0.15) is 5.54 Å². The molecular weight excluding hydrogens is 296 g/mol. The topological polar surface area (TPSA) is 84.5 Å². The normalized spacial score (nSPS) is 16.3. The average molecular weight is 318 g/mol. The number of anilines is 1. The Hall–Kier alpha value is -2.37. The Morgan fingerprint density at radius 1 is 1.13 bits per heavy atom. The van der Waals surface area contributed by atoms with Crippen LogP contribution in [0.1, 0.15) is 49.4 Å². The van der Waals surface area contributed by atoms with E-state index in [1.807, 2.05) is 0 Å². The number of amides is 2. The highest BCUT2D eigenvalue weighted by Gasteiger charge is 2.42. The van der Waals surface area contributed by atoms with E-state index in [1.165, 1.54) is 14.0 Å². The van der Waals surface area contributed by atoms with Gasteiger partial charge >= 0.3 is 5.97 Å². The highest BCUT2D eigenvalue weighted by atomic mass is 16.5. The molecule has 0 bridgehead atoms. The molecule has 2 N–H and O–H groups in total. The molecule has 1 aromatic rings. The molecule has 1 aliphatic rings. The lowest BCUT2D eigenvalue weighted by Gasteiger charge is -2.35. The Kier molecular flexibility index (Phi) is 5.36. The zero-order chi connectivity index (χ0) is 16.9. The van der Waals surface area contributed by atoms with Gasteiger partial charge in [-0.1, -0.05) is 25.3 Å². The molecule has 0 unspecified atom stereocenters. The van der Waals surface area contributed by atoms with Gasteiger partial charge in [-0.3, -0.25) is 9.59 Å². The van der Waals surface area contributed by atoms with E-state index in [0.29, 0.717) is 24.1 Å². The molecule has 2 amide bonds. The third-order valence-electron chi connectivity index (χ3n) is 4.08. The Morgan fingerprint density at radius 3 is 2.43 bits per heavy atom. The monoisotopic (exact) mass is 318 g/mol. The van der Waals surface area contributed by atoms with Gasteiger partial charge < -0.3 is 15.4 Å². The van der Waals surface area contributed by atoms with Crippen LogP contribution < -0.4 is 10.6 Å². The van der Waals surface area contributed by atoms with E-state index in [1.54, 1.807) is 24.3 Å². The lowest BCUT2D eigenvalue weighted by Crippen LogP contribution is -2.56. The highest BCUT2D eigenvalue weighted by Crippen LogP contribution is 2.30. The fourth-order valence-corrected chi connectivity index (χ4v) is 2.96. The molecule has 0 heterocycles. The number of methoxy groups -OCH3 is 1. The van der Waals surface area contributed by atoms with E-state index in [2.05, 4.69) is 10.6 Å². The van der Waals surface area contributed by atoms with Crippen LogP contribution in [-0.2, 0) is 14.3 Å². The van der Waals surface area contributed by atoms with Gasteiger partial charge in [0.2, 0.25) is 5.91 Å². The van der Waals surface area contributed by atoms with Crippen LogP contribution in [-0.4, -0.2) is 30.4 Å². The van der Waals surface area contributed by atoms with Crippen LogP contribution in [0.5, 0.6) is 0 Å². The number of carbonyl (C=O) groups is 3. The van der Waals surface area contributed by atoms with Crippen LogP contribution in [0.2, 0.25) is 0 Å². The summed E-state index contributed by atoms with van der Waals surface area (Å²) in [4.78, 5) is 35.8.